The number of hydrogen-bond acceptors (Lipinski definition) is 4. The van der Waals surface area contributed by atoms with Gasteiger partial charge in [0, 0.05) is 12.1 Å². The maximum atomic E-state index is 5.62. The molecule has 1 aliphatic heterocycles. The van der Waals surface area contributed by atoms with E-state index in [4.69, 9.17) is 15.0 Å². The number of nitrogens with two attached hydrogens (primary N) is 1. The smallest absolute Gasteiger partial charge is 0.182 e. The first kappa shape index (κ1) is 9.42. The fraction of sp³-hybridized carbons (Fsp3) is 0.250. The first-order valence-electron chi connectivity index (χ1n) is 5.21. The predicted octanol–water partition coefficient (Wildman–Crippen LogP) is 2.00. The standard InChI is InChI=1S/C12H12N2O2/c1-7-12-9-3-2-8(5-13)4-10(9)15-6-11(12)16-14-7/h2-4H,5-6,13H2,1H3. The van der Waals surface area contributed by atoms with Crippen LogP contribution in [0.3, 0.4) is 0 Å². The van der Waals surface area contributed by atoms with Crippen LogP contribution in [0.5, 0.6) is 5.75 Å². The molecule has 0 spiro atoms. The van der Waals surface area contributed by atoms with Gasteiger partial charge in [0.2, 0.25) is 0 Å². The van der Waals surface area contributed by atoms with Crippen molar-refractivity contribution >= 4 is 0 Å². The molecule has 0 atom stereocenters. The second-order valence-electron chi connectivity index (χ2n) is 3.89. The van der Waals surface area contributed by atoms with E-state index in [0.717, 1.165) is 33.9 Å². The lowest BCUT2D eigenvalue weighted by atomic mass is 9.99. The van der Waals surface area contributed by atoms with Crippen LogP contribution in [0.15, 0.2) is 22.7 Å². The van der Waals surface area contributed by atoms with Crippen molar-refractivity contribution < 1.29 is 9.26 Å². The van der Waals surface area contributed by atoms with Crippen LogP contribution in [0.1, 0.15) is 17.0 Å². The Kier molecular flexibility index (Phi) is 1.97. The molecular weight excluding hydrogens is 204 g/mol. The number of ether oxygens (including phenoxy) is 1. The Bertz CT molecular complexity index is 546. The van der Waals surface area contributed by atoms with E-state index in [1.807, 2.05) is 25.1 Å². The third-order valence-corrected chi connectivity index (χ3v) is 2.84. The molecule has 0 aliphatic carbocycles. The maximum Gasteiger partial charge on any atom is 0.182 e. The van der Waals surface area contributed by atoms with Crippen molar-refractivity contribution in [1.29, 1.82) is 0 Å². The molecule has 3 rings (SSSR count). The molecule has 0 amide bonds. The lowest BCUT2D eigenvalue weighted by Gasteiger charge is -2.17. The van der Waals surface area contributed by atoms with Crippen LogP contribution >= 0.6 is 0 Å². The Labute approximate surface area is 93.0 Å². The van der Waals surface area contributed by atoms with E-state index in [9.17, 15) is 0 Å². The van der Waals surface area contributed by atoms with Crippen LogP contribution in [0.25, 0.3) is 11.1 Å². The monoisotopic (exact) mass is 216 g/mol. The molecule has 1 aliphatic rings. The molecule has 2 N–H and O–H groups in total. The number of hydrogen-bond donors (Lipinski definition) is 1. The summed E-state index contributed by atoms with van der Waals surface area (Å²) < 4.78 is 10.8. The summed E-state index contributed by atoms with van der Waals surface area (Å²) in [5.74, 6) is 1.66. The SMILES string of the molecule is Cc1noc2c1-c1ccc(CN)cc1OC2. The van der Waals surface area contributed by atoms with Crippen molar-refractivity contribution in [3.8, 4) is 16.9 Å². The maximum absolute atomic E-state index is 5.62. The lowest BCUT2D eigenvalue weighted by Crippen LogP contribution is -2.05. The van der Waals surface area contributed by atoms with Crippen molar-refractivity contribution in [2.45, 2.75) is 20.1 Å². The summed E-state index contributed by atoms with van der Waals surface area (Å²) in [6.45, 7) is 2.90. The third kappa shape index (κ3) is 1.23. The van der Waals surface area contributed by atoms with E-state index >= 15 is 0 Å². The van der Waals surface area contributed by atoms with Crippen molar-refractivity contribution in [3.63, 3.8) is 0 Å². The summed E-state index contributed by atoms with van der Waals surface area (Å²) in [7, 11) is 0. The Morgan fingerprint density at radius 2 is 2.31 bits per heavy atom. The van der Waals surface area contributed by atoms with Crippen molar-refractivity contribution in [1.82, 2.24) is 5.16 Å². The number of benzene rings is 1. The van der Waals surface area contributed by atoms with Crippen molar-refractivity contribution in [3.05, 3.63) is 35.2 Å². The highest BCUT2D eigenvalue weighted by molar-refractivity contribution is 5.75. The van der Waals surface area contributed by atoms with Crippen molar-refractivity contribution in [2.24, 2.45) is 5.73 Å². The van der Waals surface area contributed by atoms with Crippen LogP contribution in [0.4, 0.5) is 0 Å². The van der Waals surface area contributed by atoms with Gasteiger partial charge in [0.15, 0.2) is 5.76 Å². The van der Waals surface area contributed by atoms with Gasteiger partial charge in [-0.25, -0.2) is 0 Å². The minimum atomic E-state index is 0.442. The molecule has 4 heteroatoms. The first-order valence-corrected chi connectivity index (χ1v) is 5.21. The van der Waals surface area contributed by atoms with Gasteiger partial charge in [0.05, 0.1) is 11.3 Å². The molecule has 0 saturated carbocycles. The molecule has 0 unspecified atom stereocenters. The number of fused-ring (bicyclic) bond motifs is 3. The first-order chi connectivity index (χ1) is 7.79. The van der Waals surface area contributed by atoms with Gasteiger partial charge in [-0.05, 0) is 18.6 Å². The van der Waals surface area contributed by atoms with Gasteiger partial charge in [0.25, 0.3) is 0 Å². The molecule has 1 aromatic heterocycles. The number of aromatic nitrogens is 1. The van der Waals surface area contributed by atoms with E-state index < -0.39 is 0 Å². The van der Waals surface area contributed by atoms with Gasteiger partial charge in [-0.1, -0.05) is 17.3 Å². The van der Waals surface area contributed by atoms with Crippen LogP contribution in [0, 0.1) is 6.92 Å². The molecule has 0 fully saturated rings. The summed E-state index contributed by atoms with van der Waals surface area (Å²) in [5, 5.41) is 3.96. The summed E-state index contributed by atoms with van der Waals surface area (Å²) in [6, 6.07) is 5.99. The molecule has 82 valence electrons. The van der Waals surface area contributed by atoms with E-state index in [0.29, 0.717) is 13.2 Å². The third-order valence-electron chi connectivity index (χ3n) is 2.84. The Balaban J connectivity index is 2.21. The minimum Gasteiger partial charge on any atom is -0.485 e. The molecule has 0 saturated heterocycles. The number of aryl methyl sites for hydroxylation is 1. The summed E-state index contributed by atoms with van der Waals surface area (Å²) in [6.07, 6.45) is 0. The number of rotatable bonds is 1. The zero-order chi connectivity index (χ0) is 11.1. The molecule has 1 aromatic carbocycles. The zero-order valence-corrected chi connectivity index (χ0v) is 8.99. The van der Waals surface area contributed by atoms with Gasteiger partial charge in [-0.15, -0.1) is 0 Å². The highest BCUT2D eigenvalue weighted by Crippen LogP contribution is 2.39. The van der Waals surface area contributed by atoms with Crippen LogP contribution in [-0.2, 0) is 13.2 Å². The molecule has 0 radical (unpaired) electrons. The highest BCUT2D eigenvalue weighted by atomic mass is 16.5. The second kappa shape index (κ2) is 3.35. The zero-order valence-electron chi connectivity index (χ0n) is 8.99. The van der Waals surface area contributed by atoms with Gasteiger partial charge in [-0.3, -0.25) is 0 Å². The van der Waals surface area contributed by atoms with Crippen LogP contribution < -0.4 is 10.5 Å². The van der Waals surface area contributed by atoms with Crippen LogP contribution in [-0.4, -0.2) is 5.16 Å². The predicted molar refractivity (Wildman–Crippen MR) is 58.9 cm³/mol. The average Bonchev–Trinajstić information content (AvgIpc) is 2.70. The van der Waals surface area contributed by atoms with E-state index in [1.54, 1.807) is 0 Å². The normalized spacial score (nSPS) is 12.9. The van der Waals surface area contributed by atoms with Gasteiger partial charge in [0.1, 0.15) is 12.4 Å². The Morgan fingerprint density at radius 1 is 1.44 bits per heavy atom. The van der Waals surface area contributed by atoms with E-state index in [1.165, 1.54) is 0 Å². The summed E-state index contributed by atoms with van der Waals surface area (Å²) in [4.78, 5) is 0. The second-order valence-corrected chi connectivity index (χ2v) is 3.89. The Morgan fingerprint density at radius 3 is 3.12 bits per heavy atom. The quantitative estimate of drug-likeness (QED) is 0.792. The fourth-order valence-electron chi connectivity index (χ4n) is 2.02. The lowest BCUT2D eigenvalue weighted by molar-refractivity contribution is 0.245. The molecule has 2 aromatic rings. The van der Waals surface area contributed by atoms with E-state index in [-0.39, 0.29) is 0 Å². The van der Waals surface area contributed by atoms with Gasteiger partial charge in [-0.2, -0.15) is 0 Å². The van der Waals surface area contributed by atoms with Crippen molar-refractivity contribution in [2.75, 3.05) is 0 Å². The topological polar surface area (TPSA) is 61.3 Å². The summed E-state index contributed by atoms with van der Waals surface area (Å²) in [5.41, 5.74) is 9.67. The average molecular weight is 216 g/mol. The molecule has 2 heterocycles. The van der Waals surface area contributed by atoms with Crippen LogP contribution in [0.2, 0.25) is 0 Å². The summed E-state index contributed by atoms with van der Waals surface area (Å²) >= 11 is 0. The van der Waals surface area contributed by atoms with E-state index in [2.05, 4.69) is 5.16 Å². The fourth-order valence-corrected chi connectivity index (χ4v) is 2.02. The molecule has 0 bridgehead atoms. The Hall–Kier alpha value is -1.81. The molecular formula is C12H12N2O2. The molecule has 4 nitrogen and oxygen atoms in total. The van der Waals surface area contributed by atoms with Gasteiger partial charge < -0.3 is 15.0 Å². The van der Waals surface area contributed by atoms with Gasteiger partial charge >= 0.3 is 0 Å². The molecule has 16 heavy (non-hydrogen) atoms. The highest BCUT2D eigenvalue weighted by Gasteiger charge is 2.23. The number of nitrogens with zero attached hydrogens (tertiary/aromatic N) is 1. The minimum absolute atomic E-state index is 0.442. The largest absolute Gasteiger partial charge is 0.485 e.